The highest BCUT2D eigenvalue weighted by molar-refractivity contribution is 5.95. The van der Waals surface area contributed by atoms with Crippen LogP contribution in [-0.2, 0) is 0 Å². The summed E-state index contributed by atoms with van der Waals surface area (Å²) in [6, 6.07) is 5.93. The van der Waals surface area contributed by atoms with Gasteiger partial charge in [0.25, 0.3) is 5.91 Å². The summed E-state index contributed by atoms with van der Waals surface area (Å²) in [6.45, 7) is 9.23. The van der Waals surface area contributed by atoms with Crippen molar-refractivity contribution in [1.82, 2.24) is 4.90 Å². The van der Waals surface area contributed by atoms with Crippen molar-refractivity contribution in [3.8, 4) is 11.8 Å². The van der Waals surface area contributed by atoms with Gasteiger partial charge in [0, 0.05) is 23.7 Å². The van der Waals surface area contributed by atoms with Crippen molar-refractivity contribution in [2.45, 2.75) is 40.2 Å². The number of hydrogen-bond acceptors (Lipinski definition) is 2. The zero-order valence-electron chi connectivity index (χ0n) is 12.9. The normalized spacial score (nSPS) is 10.1. The third-order valence-electron chi connectivity index (χ3n) is 3.01. The maximum absolute atomic E-state index is 12.6. The number of rotatable bonds is 4. The van der Waals surface area contributed by atoms with Crippen LogP contribution in [0, 0.1) is 18.8 Å². The first-order chi connectivity index (χ1) is 9.49. The van der Waals surface area contributed by atoms with Gasteiger partial charge in [-0.05, 0) is 51.0 Å². The van der Waals surface area contributed by atoms with Crippen molar-refractivity contribution in [3.05, 3.63) is 34.9 Å². The zero-order valence-corrected chi connectivity index (χ0v) is 12.9. The molecular formula is C17H24N2O. The van der Waals surface area contributed by atoms with Crippen molar-refractivity contribution in [2.75, 3.05) is 13.1 Å². The molecule has 0 saturated carbocycles. The van der Waals surface area contributed by atoms with Crippen LogP contribution in [0.4, 0.5) is 0 Å². The van der Waals surface area contributed by atoms with Crippen molar-refractivity contribution in [1.29, 1.82) is 0 Å². The van der Waals surface area contributed by atoms with Gasteiger partial charge in [-0.15, -0.1) is 0 Å². The highest BCUT2D eigenvalue weighted by Crippen LogP contribution is 2.14. The minimum Gasteiger partial charge on any atom is -0.336 e. The number of nitrogens with two attached hydrogens (primary N) is 1. The van der Waals surface area contributed by atoms with E-state index in [2.05, 4.69) is 18.8 Å². The van der Waals surface area contributed by atoms with Crippen LogP contribution in [0.25, 0.3) is 0 Å². The second kappa shape index (κ2) is 7.72. The quantitative estimate of drug-likeness (QED) is 0.856. The molecule has 0 saturated heterocycles. The fourth-order valence-corrected chi connectivity index (χ4v) is 2.13. The minimum atomic E-state index is 0.0707. The van der Waals surface area contributed by atoms with E-state index < -0.39 is 0 Å². The Kier molecular flexibility index (Phi) is 6.27. The SMILES string of the molecule is CCCN(C(=O)c1cc(C)cc(C#CCN)c1)C(C)C. The predicted molar refractivity (Wildman–Crippen MR) is 83.6 cm³/mol. The van der Waals surface area contributed by atoms with Gasteiger partial charge in [0.05, 0.1) is 6.54 Å². The van der Waals surface area contributed by atoms with E-state index in [1.54, 1.807) is 0 Å². The Balaban J connectivity index is 3.11. The van der Waals surface area contributed by atoms with E-state index >= 15 is 0 Å². The zero-order chi connectivity index (χ0) is 15.1. The molecule has 0 aromatic heterocycles. The van der Waals surface area contributed by atoms with E-state index in [0.717, 1.165) is 24.1 Å². The number of nitrogens with zero attached hydrogens (tertiary/aromatic N) is 1. The van der Waals surface area contributed by atoms with Crippen LogP contribution in [0.2, 0.25) is 0 Å². The van der Waals surface area contributed by atoms with Crippen LogP contribution in [0.1, 0.15) is 48.7 Å². The summed E-state index contributed by atoms with van der Waals surface area (Å²) < 4.78 is 0. The van der Waals surface area contributed by atoms with Crippen LogP contribution in [-0.4, -0.2) is 29.9 Å². The van der Waals surface area contributed by atoms with Crippen molar-refractivity contribution >= 4 is 5.91 Å². The fourth-order valence-electron chi connectivity index (χ4n) is 2.13. The summed E-state index contributed by atoms with van der Waals surface area (Å²) in [5.74, 6) is 5.89. The van der Waals surface area contributed by atoms with Gasteiger partial charge in [0.1, 0.15) is 0 Å². The predicted octanol–water partition coefficient (Wildman–Crippen LogP) is 2.57. The summed E-state index contributed by atoms with van der Waals surface area (Å²) in [5, 5.41) is 0. The largest absolute Gasteiger partial charge is 0.336 e. The van der Waals surface area contributed by atoms with Gasteiger partial charge < -0.3 is 10.6 Å². The molecule has 108 valence electrons. The topological polar surface area (TPSA) is 46.3 Å². The lowest BCUT2D eigenvalue weighted by Gasteiger charge is -2.26. The molecule has 0 spiro atoms. The van der Waals surface area contributed by atoms with Gasteiger partial charge in [-0.2, -0.15) is 0 Å². The lowest BCUT2D eigenvalue weighted by Crippen LogP contribution is -2.37. The monoisotopic (exact) mass is 272 g/mol. The number of aryl methyl sites for hydroxylation is 1. The van der Waals surface area contributed by atoms with E-state index in [9.17, 15) is 4.79 Å². The van der Waals surface area contributed by atoms with Crippen LogP contribution >= 0.6 is 0 Å². The molecule has 0 aliphatic rings. The number of amides is 1. The van der Waals surface area contributed by atoms with Gasteiger partial charge in [0.2, 0.25) is 0 Å². The summed E-state index contributed by atoms with van der Waals surface area (Å²) in [6.07, 6.45) is 0.954. The van der Waals surface area contributed by atoms with E-state index in [4.69, 9.17) is 5.73 Å². The Labute approximate surface area is 122 Å². The van der Waals surface area contributed by atoms with Crippen molar-refractivity contribution < 1.29 is 4.79 Å². The molecule has 0 aliphatic heterocycles. The highest BCUT2D eigenvalue weighted by Gasteiger charge is 2.18. The number of benzene rings is 1. The Morgan fingerprint density at radius 3 is 2.60 bits per heavy atom. The first-order valence-corrected chi connectivity index (χ1v) is 7.11. The molecule has 0 unspecified atom stereocenters. The average molecular weight is 272 g/mol. The lowest BCUT2D eigenvalue weighted by atomic mass is 10.0. The molecule has 0 fully saturated rings. The standard InChI is InChI=1S/C17H24N2O/c1-5-9-19(13(2)3)17(20)16-11-14(4)10-15(12-16)7-6-8-18/h10-13H,5,8-9,18H2,1-4H3. The molecule has 1 aromatic rings. The average Bonchev–Trinajstić information content (AvgIpc) is 2.40. The minimum absolute atomic E-state index is 0.0707. The van der Waals surface area contributed by atoms with Gasteiger partial charge >= 0.3 is 0 Å². The molecule has 2 N–H and O–H groups in total. The Hall–Kier alpha value is -1.79. The number of carbonyl (C=O) groups excluding carboxylic acids is 1. The molecule has 1 aromatic carbocycles. The second-order valence-corrected chi connectivity index (χ2v) is 5.19. The summed E-state index contributed by atoms with van der Waals surface area (Å²) >= 11 is 0. The Morgan fingerprint density at radius 1 is 1.35 bits per heavy atom. The molecule has 0 atom stereocenters. The lowest BCUT2D eigenvalue weighted by molar-refractivity contribution is 0.0706. The summed E-state index contributed by atoms with van der Waals surface area (Å²) in [7, 11) is 0. The van der Waals surface area contributed by atoms with Crippen LogP contribution in [0.3, 0.4) is 0 Å². The summed E-state index contributed by atoms with van der Waals surface area (Å²) in [4.78, 5) is 14.5. The maximum Gasteiger partial charge on any atom is 0.254 e. The molecule has 0 bridgehead atoms. The van der Waals surface area contributed by atoms with Gasteiger partial charge in [0.15, 0.2) is 0 Å². The Bertz CT molecular complexity index is 524. The Morgan fingerprint density at radius 2 is 2.05 bits per heavy atom. The molecule has 3 nitrogen and oxygen atoms in total. The highest BCUT2D eigenvalue weighted by atomic mass is 16.2. The van der Waals surface area contributed by atoms with Crippen molar-refractivity contribution in [2.24, 2.45) is 5.73 Å². The number of carbonyl (C=O) groups is 1. The second-order valence-electron chi connectivity index (χ2n) is 5.19. The fraction of sp³-hybridized carbons (Fsp3) is 0.471. The molecule has 1 rings (SSSR count). The molecule has 1 amide bonds. The van der Waals surface area contributed by atoms with Crippen LogP contribution in [0.15, 0.2) is 18.2 Å². The number of hydrogen-bond donors (Lipinski definition) is 1. The summed E-state index contributed by atoms with van der Waals surface area (Å²) in [5.41, 5.74) is 7.98. The molecule has 0 radical (unpaired) electrons. The van der Waals surface area contributed by atoms with E-state index in [1.807, 2.05) is 43.9 Å². The molecule has 0 aliphatic carbocycles. The first-order valence-electron chi connectivity index (χ1n) is 7.11. The maximum atomic E-state index is 12.6. The van der Waals surface area contributed by atoms with Gasteiger partial charge in [-0.3, -0.25) is 4.79 Å². The first kappa shape index (κ1) is 16.3. The van der Waals surface area contributed by atoms with Crippen LogP contribution < -0.4 is 5.73 Å². The third kappa shape index (κ3) is 4.40. The van der Waals surface area contributed by atoms with E-state index in [0.29, 0.717) is 12.1 Å². The van der Waals surface area contributed by atoms with Crippen LogP contribution in [0.5, 0.6) is 0 Å². The molecule has 3 heteroatoms. The smallest absolute Gasteiger partial charge is 0.254 e. The third-order valence-corrected chi connectivity index (χ3v) is 3.01. The van der Waals surface area contributed by atoms with E-state index in [-0.39, 0.29) is 11.9 Å². The van der Waals surface area contributed by atoms with Crippen molar-refractivity contribution in [3.63, 3.8) is 0 Å². The van der Waals surface area contributed by atoms with Gasteiger partial charge in [-0.1, -0.05) is 18.8 Å². The molecule has 20 heavy (non-hydrogen) atoms. The molecular weight excluding hydrogens is 248 g/mol. The van der Waals surface area contributed by atoms with E-state index in [1.165, 1.54) is 0 Å². The molecule has 0 heterocycles. The van der Waals surface area contributed by atoms with Gasteiger partial charge in [-0.25, -0.2) is 0 Å².